The van der Waals surface area contributed by atoms with Crippen LogP contribution in [0.4, 0.5) is 0 Å². The lowest BCUT2D eigenvalue weighted by atomic mass is 10.2. The Kier molecular flexibility index (Phi) is 6.37. The van der Waals surface area contributed by atoms with Crippen molar-refractivity contribution >= 4 is 12.0 Å². The quantitative estimate of drug-likeness (QED) is 0.618. The molecule has 1 heterocycles. The van der Waals surface area contributed by atoms with Gasteiger partial charge in [0.15, 0.2) is 0 Å². The molecule has 0 radical (unpaired) electrons. The van der Waals surface area contributed by atoms with Crippen molar-refractivity contribution in [1.82, 2.24) is 4.98 Å². The normalized spacial score (nSPS) is 8.63. The first-order valence-corrected chi connectivity index (χ1v) is 5.68. The van der Waals surface area contributed by atoms with Crippen molar-refractivity contribution in [2.24, 2.45) is 0 Å². The van der Waals surface area contributed by atoms with Crippen LogP contribution in [-0.2, 0) is 4.74 Å². The average Bonchev–Trinajstić information content (AvgIpc) is 2.50. The Morgan fingerprint density at radius 3 is 2.21 bits per heavy atom. The zero-order valence-electron chi connectivity index (χ0n) is 10.5. The average molecular weight is 253 g/mol. The predicted molar refractivity (Wildman–Crippen MR) is 76.4 cm³/mol. The largest absolute Gasteiger partial charge is 0.432 e. The number of ether oxygens (including phenoxy) is 1. The maximum absolute atomic E-state index is 11.0. The van der Waals surface area contributed by atoms with Crippen molar-refractivity contribution in [1.29, 1.82) is 0 Å². The number of carbonyl (C=O) groups excluding carboxylic acids is 1. The molecule has 3 nitrogen and oxygen atoms in total. The van der Waals surface area contributed by atoms with Gasteiger partial charge in [0.05, 0.1) is 17.5 Å². The van der Waals surface area contributed by atoms with Crippen molar-refractivity contribution in [3.63, 3.8) is 0 Å². The van der Waals surface area contributed by atoms with Crippen molar-refractivity contribution in [2.75, 3.05) is 0 Å². The standard InChI is InChI=1S/C9H8O2.C7H7N/c1-2-11-9(10)8-6-4-3-5-7-8;1-2-7-5-3-4-6-8-7/h2-7H,1H2;2-6H,1H2. The number of aromatic nitrogens is 1. The maximum atomic E-state index is 11.0. The third-order valence-corrected chi connectivity index (χ3v) is 2.10. The summed E-state index contributed by atoms with van der Waals surface area (Å²) in [4.78, 5) is 14.9. The highest BCUT2D eigenvalue weighted by Crippen LogP contribution is 2.00. The molecule has 0 aliphatic heterocycles. The number of pyridine rings is 1. The highest BCUT2D eigenvalue weighted by Gasteiger charge is 2.01. The first-order chi connectivity index (χ1) is 9.27. The molecule has 96 valence electrons. The topological polar surface area (TPSA) is 39.2 Å². The summed E-state index contributed by atoms with van der Waals surface area (Å²) in [6.45, 7) is 6.85. The third-order valence-electron chi connectivity index (χ3n) is 2.10. The van der Waals surface area contributed by atoms with E-state index in [2.05, 4.69) is 22.9 Å². The summed E-state index contributed by atoms with van der Waals surface area (Å²) in [6.07, 6.45) is 4.59. The van der Waals surface area contributed by atoms with Crippen LogP contribution in [0.5, 0.6) is 0 Å². The summed E-state index contributed by atoms with van der Waals surface area (Å²) in [7, 11) is 0. The SMILES string of the molecule is C=COC(=O)c1ccccc1.C=Cc1ccccn1. The van der Waals surface area contributed by atoms with E-state index < -0.39 is 0 Å². The van der Waals surface area contributed by atoms with Crippen LogP contribution in [0.15, 0.2) is 74.1 Å². The number of carbonyl (C=O) groups is 1. The molecule has 0 bridgehead atoms. The number of esters is 1. The van der Waals surface area contributed by atoms with Gasteiger partial charge in [-0.3, -0.25) is 4.98 Å². The van der Waals surface area contributed by atoms with Crippen LogP contribution in [0.25, 0.3) is 6.08 Å². The summed E-state index contributed by atoms with van der Waals surface area (Å²) < 4.78 is 4.55. The van der Waals surface area contributed by atoms with Gasteiger partial charge in [-0.1, -0.05) is 37.4 Å². The molecule has 0 fully saturated rings. The van der Waals surface area contributed by atoms with Crippen LogP contribution in [0.3, 0.4) is 0 Å². The van der Waals surface area contributed by atoms with Crippen LogP contribution in [0.1, 0.15) is 16.1 Å². The Balaban J connectivity index is 0.000000200. The Morgan fingerprint density at radius 1 is 1.05 bits per heavy atom. The van der Waals surface area contributed by atoms with Crippen LogP contribution in [0, 0.1) is 0 Å². The molecular weight excluding hydrogens is 238 g/mol. The number of rotatable bonds is 3. The van der Waals surface area contributed by atoms with Crippen LogP contribution in [-0.4, -0.2) is 11.0 Å². The van der Waals surface area contributed by atoms with Gasteiger partial charge >= 0.3 is 5.97 Å². The number of benzene rings is 1. The number of nitrogens with zero attached hydrogens (tertiary/aromatic N) is 1. The van der Waals surface area contributed by atoms with Crippen molar-refractivity contribution in [2.45, 2.75) is 0 Å². The zero-order valence-corrected chi connectivity index (χ0v) is 10.5. The van der Waals surface area contributed by atoms with Crippen molar-refractivity contribution in [3.05, 3.63) is 85.4 Å². The van der Waals surface area contributed by atoms with E-state index in [1.165, 1.54) is 0 Å². The van der Waals surface area contributed by atoms with Crippen LogP contribution in [0.2, 0.25) is 0 Å². The van der Waals surface area contributed by atoms with Gasteiger partial charge in [0.25, 0.3) is 0 Å². The fraction of sp³-hybridized carbons (Fsp3) is 0. The van der Waals surface area contributed by atoms with Gasteiger partial charge in [0.2, 0.25) is 0 Å². The second-order valence-electron chi connectivity index (χ2n) is 3.40. The molecule has 0 saturated carbocycles. The Morgan fingerprint density at radius 2 is 1.74 bits per heavy atom. The molecule has 1 aromatic heterocycles. The van der Waals surface area contributed by atoms with Gasteiger partial charge in [-0.05, 0) is 30.3 Å². The molecule has 1 aromatic carbocycles. The predicted octanol–water partition coefficient (Wildman–Crippen LogP) is 3.71. The monoisotopic (exact) mass is 253 g/mol. The molecular formula is C16H15NO2. The van der Waals surface area contributed by atoms with Crippen molar-refractivity contribution in [3.8, 4) is 0 Å². The van der Waals surface area contributed by atoms with E-state index in [1.807, 2.05) is 24.3 Å². The Hall–Kier alpha value is -2.68. The molecule has 0 N–H and O–H groups in total. The molecule has 0 spiro atoms. The lowest BCUT2D eigenvalue weighted by molar-refractivity contribution is 0.0664. The molecule has 0 atom stereocenters. The molecule has 0 aliphatic rings. The number of hydrogen-bond acceptors (Lipinski definition) is 3. The molecule has 0 unspecified atom stereocenters. The van der Waals surface area contributed by atoms with Gasteiger partial charge in [0, 0.05) is 6.20 Å². The van der Waals surface area contributed by atoms with Gasteiger partial charge in [-0.2, -0.15) is 0 Å². The highest BCUT2D eigenvalue weighted by molar-refractivity contribution is 5.89. The van der Waals surface area contributed by atoms with E-state index in [1.54, 1.807) is 36.5 Å². The van der Waals surface area contributed by atoms with Crippen LogP contribution >= 0.6 is 0 Å². The Bertz CT molecular complexity index is 521. The fourth-order valence-corrected chi connectivity index (χ4v) is 1.21. The highest BCUT2D eigenvalue weighted by atomic mass is 16.5. The summed E-state index contributed by atoms with van der Waals surface area (Å²) in [5.41, 5.74) is 1.46. The van der Waals surface area contributed by atoms with Gasteiger partial charge in [-0.25, -0.2) is 4.79 Å². The lowest BCUT2D eigenvalue weighted by Gasteiger charge is -1.96. The van der Waals surface area contributed by atoms with E-state index in [0.29, 0.717) is 5.56 Å². The van der Waals surface area contributed by atoms with Gasteiger partial charge in [0.1, 0.15) is 0 Å². The van der Waals surface area contributed by atoms with Crippen LogP contribution < -0.4 is 0 Å². The smallest absolute Gasteiger partial charge is 0.342 e. The first kappa shape index (κ1) is 14.4. The Labute approximate surface area is 112 Å². The van der Waals surface area contributed by atoms with Crippen molar-refractivity contribution < 1.29 is 9.53 Å². The van der Waals surface area contributed by atoms with E-state index >= 15 is 0 Å². The summed E-state index contributed by atoms with van der Waals surface area (Å²) >= 11 is 0. The fourth-order valence-electron chi connectivity index (χ4n) is 1.21. The number of hydrogen-bond donors (Lipinski definition) is 0. The third kappa shape index (κ3) is 5.46. The van der Waals surface area contributed by atoms with E-state index in [9.17, 15) is 4.79 Å². The minimum atomic E-state index is -0.374. The summed E-state index contributed by atoms with van der Waals surface area (Å²) in [5.74, 6) is -0.374. The van der Waals surface area contributed by atoms with E-state index in [4.69, 9.17) is 0 Å². The second-order valence-corrected chi connectivity index (χ2v) is 3.40. The molecule has 0 saturated heterocycles. The van der Waals surface area contributed by atoms with Gasteiger partial charge in [-0.15, -0.1) is 0 Å². The van der Waals surface area contributed by atoms with E-state index in [-0.39, 0.29) is 5.97 Å². The van der Waals surface area contributed by atoms with E-state index in [0.717, 1.165) is 12.0 Å². The maximum Gasteiger partial charge on any atom is 0.342 e. The molecule has 2 rings (SSSR count). The summed E-state index contributed by atoms with van der Waals surface area (Å²) in [6, 6.07) is 14.5. The lowest BCUT2D eigenvalue weighted by Crippen LogP contribution is -1.98. The molecule has 0 amide bonds. The minimum Gasteiger partial charge on any atom is -0.432 e. The second kappa shape index (κ2) is 8.42. The van der Waals surface area contributed by atoms with Gasteiger partial charge < -0.3 is 4.74 Å². The minimum absolute atomic E-state index is 0.374. The summed E-state index contributed by atoms with van der Waals surface area (Å²) in [5, 5.41) is 0. The molecule has 19 heavy (non-hydrogen) atoms. The molecule has 3 heteroatoms. The molecule has 2 aromatic rings. The first-order valence-electron chi connectivity index (χ1n) is 5.68. The zero-order chi connectivity index (χ0) is 13.9. The molecule has 0 aliphatic carbocycles.